The Labute approximate surface area is 181 Å². The van der Waals surface area contributed by atoms with Gasteiger partial charge in [0.25, 0.3) is 5.91 Å². The first-order valence-electron chi connectivity index (χ1n) is 9.31. The van der Waals surface area contributed by atoms with Gasteiger partial charge in [-0.15, -0.1) is 0 Å². The number of benzene rings is 1. The molecular formula is C22H23ClN2OS2. The number of nitrogens with zero attached hydrogens (tertiary/aromatic N) is 2. The third kappa shape index (κ3) is 4.32. The highest BCUT2D eigenvalue weighted by molar-refractivity contribution is 8.26. The molecule has 0 aliphatic carbocycles. The third-order valence-electron chi connectivity index (χ3n) is 5.27. The molecule has 1 fully saturated rings. The normalized spacial score (nSPS) is 18.0. The molecule has 1 aliphatic heterocycles. The van der Waals surface area contributed by atoms with Gasteiger partial charge < -0.3 is 0 Å². The molecule has 0 N–H and O–H groups in total. The molecule has 1 aromatic heterocycles. The molecule has 2 atom stereocenters. The van der Waals surface area contributed by atoms with Crippen molar-refractivity contribution in [2.24, 2.45) is 5.92 Å². The molecular weight excluding hydrogens is 408 g/mol. The van der Waals surface area contributed by atoms with Gasteiger partial charge in [0, 0.05) is 22.8 Å². The average molecular weight is 431 g/mol. The fourth-order valence-electron chi connectivity index (χ4n) is 2.99. The second-order valence-electron chi connectivity index (χ2n) is 7.11. The van der Waals surface area contributed by atoms with Crippen LogP contribution in [0.15, 0.2) is 41.4 Å². The van der Waals surface area contributed by atoms with Gasteiger partial charge in [-0.25, -0.2) is 0 Å². The molecule has 0 radical (unpaired) electrons. The smallest absolute Gasteiger partial charge is 0.266 e. The van der Waals surface area contributed by atoms with E-state index in [4.69, 9.17) is 23.8 Å². The summed E-state index contributed by atoms with van der Waals surface area (Å²) in [6, 6.07) is 9.95. The zero-order chi connectivity index (χ0) is 20.4. The van der Waals surface area contributed by atoms with E-state index in [1.165, 1.54) is 11.8 Å². The van der Waals surface area contributed by atoms with Crippen LogP contribution in [0.2, 0.25) is 5.02 Å². The van der Waals surface area contributed by atoms with Gasteiger partial charge >= 0.3 is 0 Å². The molecule has 2 heterocycles. The zero-order valence-corrected chi connectivity index (χ0v) is 18.8. The van der Waals surface area contributed by atoms with Crippen LogP contribution in [-0.2, 0) is 4.79 Å². The highest BCUT2D eigenvalue weighted by atomic mass is 35.5. The van der Waals surface area contributed by atoms with E-state index in [1.807, 2.05) is 43.3 Å². The van der Waals surface area contributed by atoms with Gasteiger partial charge in [-0.3, -0.25) is 14.7 Å². The van der Waals surface area contributed by atoms with Gasteiger partial charge in [0.2, 0.25) is 0 Å². The molecule has 0 saturated carbocycles. The van der Waals surface area contributed by atoms with Crippen molar-refractivity contribution in [1.29, 1.82) is 0 Å². The van der Waals surface area contributed by atoms with E-state index in [1.54, 1.807) is 11.1 Å². The number of pyridine rings is 1. The van der Waals surface area contributed by atoms with E-state index in [9.17, 15) is 4.79 Å². The van der Waals surface area contributed by atoms with Gasteiger partial charge in [0.1, 0.15) is 4.32 Å². The van der Waals surface area contributed by atoms with Crippen molar-refractivity contribution < 1.29 is 4.79 Å². The number of hydrogen-bond acceptors (Lipinski definition) is 4. The van der Waals surface area contributed by atoms with Crippen molar-refractivity contribution in [3.05, 3.63) is 57.7 Å². The minimum atomic E-state index is -0.0287. The zero-order valence-electron chi connectivity index (χ0n) is 16.4. The van der Waals surface area contributed by atoms with E-state index in [0.717, 1.165) is 33.8 Å². The molecule has 0 bridgehead atoms. The maximum Gasteiger partial charge on any atom is 0.266 e. The molecule has 28 heavy (non-hydrogen) atoms. The Morgan fingerprint density at radius 3 is 2.57 bits per heavy atom. The summed E-state index contributed by atoms with van der Waals surface area (Å²) in [5, 5.41) is 0.737. The summed E-state index contributed by atoms with van der Waals surface area (Å²) in [6.45, 7) is 8.30. The minimum Gasteiger partial charge on any atom is -0.290 e. The fraction of sp³-hybridized carbons (Fsp3) is 0.318. The number of aromatic nitrogens is 1. The molecule has 1 aromatic carbocycles. The van der Waals surface area contributed by atoms with Crippen molar-refractivity contribution in [3.8, 4) is 11.1 Å². The number of carbonyl (C=O) groups excluding carboxylic acids is 1. The van der Waals surface area contributed by atoms with E-state index in [-0.39, 0.29) is 11.9 Å². The highest BCUT2D eigenvalue weighted by Gasteiger charge is 2.36. The lowest BCUT2D eigenvalue weighted by Gasteiger charge is -2.27. The van der Waals surface area contributed by atoms with Crippen LogP contribution in [0.5, 0.6) is 0 Å². The molecule has 3 rings (SSSR count). The second kappa shape index (κ2) is 8.76. The standard InChI is InChI=1S/C22H23ClN2OS2/c1-5-13(2)15(4)25-21(26)20(28-22(25)27)11-18-9-8-17(12-24-18)16-7-6-14(3)19(23)10-16/h6-13,15H,5H2,1-4H3/b20-11-/t13-,15+/m0/s1. The number of thiocarbonyl (C=S) groups is 1. The number of aryl methyl sites for hydroxylation is 1. The third-order valence-corrected chi connectivity index (χ3v) is 7.01. The summed E-state index contributed by atoms with van der Waals surface area (Å²) in [5.41, 5.74) is 3.78. The van der Waals surface area contributed by atoms with Crippen molar-refractivity contribution in [2.75, 3.05) is 0 Å². The maximum absolute atomic E-state index is 12.8. The Morgan fingerprint density at radius 1 is 1.25 bits per heavy atom. The number of carbonyl (C=O) groups is 1. The molecule has 3 nitrogen and oxygen atoms in total. The summed E-state index contributed by atoms with van der Waals surface area (Å²) in [6.07, 6.45) is 4.62. The number of rotatable bonds is 5. The average Bonchev–Trinajstić information content (AvgIpc) is 2.96. The number of thioether (sulfide) groups is 1. The Kier molecular flexibility index (Phi) is 6.58. The lowest BCUT2D eigenvalue weighted by Crippen LogP contribution is -2.40. The van der Waals surface area contributed by atoms with Crippen LogP contribution in [0.3, 0.4) is 0 Å². The van der Waals surface area contributed by atoms with Crippen LogP contribution in [0.1, 0.15) is 38.4 Å². The first-order valence-corrected chi connectivity index (χ1v) is 10.9. The SMILES string of the molecule is CC[C@H](C)[C@@H](C)N1C(=O)/C(=C/c2ccc(-c3ccc(C)c(Cl)c3)cn2)SC1=S. The lowest BCUT2D eigenvalue weighted by molar-refractivity contribution is -0.124. The van der Waals surface area contributed by atoms with E-state index >= 15 is 0 Å². The predicted molar refractivity (Wildman–Crippen MR) is 123 cm³/mol. The fourth-order valence-corrected chi connectivity index (χ4v) is 4.59. The van der Waals surface area contributed by atoms with E-state index in [0.29, 0.717) is 15.1 Å². The second-order valence-corrected chi connectivity index (χ2v) is 9.20. The molecule has 1 saturated heterocycles. The molecule has 1 aliphatic rings. The molecule has 0 unspecified atom stereocenters. The van der Waals surface area contributed by atoms with Gasteiger partial charge in [-0.1, -0.05) is 74.0 Å². The van der Waals surface area contributed by atoms with Crippen LogP contribution in [0.25, 0.3) is 17.2 Å². The summed E-state index contributed by atoms with van der Waals surface area (Å²) in [5.74, 6) is 0.361. The molecule has 0 spiro atoms. The van der Waals surface area contributed by atoms with Crippen molar-refractivity contribution in [3.63, 3.8) is 0 Å². The number of halogens is 1. The summed E-state index contributed by atoms with van der Waals surface area (Å²) >= 11 is 13.0. The van der Waals surface area contributed by atoms with Gasteiger partial charge in [-0.05, 0) is 49.1 Å². The largest absolute Gasteiger partial charge is 0.290 e. The van der Waals surface area contributed by atoms with Crippen molar-refractivity contribution >= 4 is 51.9 Å². The summed E-state index contributed by atoms with van der Waals surface area (Å²) < 4.78 is 0.620. The van der Waals surface area contributed by atoms with E-state index < -0.39 is 0 Å². The first kappa shape index (κ1) is 21.0. The van der Waals surface area contributed by atoms with Crippen LogP contribution in [-0.4, -0.2) is 26.2 Å². The van der Waals surface area contributed by atoms with Crippen LogP contribution >= 0.6 is 35.6 Å². The Hall–Kier alpha value is -1.69. The Bertz CT molecular complexity index is 940. The highest BCUT2D eigenvalue weighted by Crippen LogP contribution is 2.35. The van der Waals surface area contributed by atoms with Gasteiger partial charge in [-0.2, -0.15) is 0 Å². The van der Waals surface area contributed by atoms with Gasteiger partial charge in [0.15, 0.2) is 0 Å². The maximum atomic E-state index is 12.8. The summed E-state index contributed by atoms with van der Waals surface area (Å²) in [4.78, 5) is 19.7. The molecule has 1 amide bonds. The molecule has 146 valence electrons. The lowest BCUT2D eigenvalue weighted by atomic mass is 10.00. The quantitative estimate of drug-likeness (QED) is 0.409. The first-order chi connectivity index (χ1) is 13.3. The van der Waals surface area contributed by atoms with Crippen LogP contribution in [0, 0.1) is 12.8 Å². The minimum absolute atomic E-state index is 0.0287. The van der Waals surface area contributed by atoms with Crippen LogP contribution in [0.4, 0.5) is 0 Å². The number of hydrogen-bond donors (Lipinski definition) is 0. The van der Waals surface area contributed by atoms with Crippen molar-refractivity contribution in [1.82, 2.24) is 9.88 Å². The Balaban J connectivity index is 1.81. The molecule has 6 heteroatoms. The predicted octanol–water partition coefficient (Wildman–Crippen LogP) is 6.35. The van der Waals surface area contributed by atoms with Crippen molar-refractivity contribution in [2.45, 2.75) is 40.2 Å². The topological polar surface area (TPSA) is 33.2 Å². The van der Waals surface area contributed by atoms with Crippen LogP contribution < -0.4 is 0 Å². The number of amides is 1. The van der Waals surface area contributed by atoms with E-state index in [2.05, 4.69) is 25.8 Å². The Morgan fingerprint density at radius 2 is 1.96 bits per heavy atom. The monoisotopic (exact) mass is 430 g/mol. The molecule has 2 aromatic rings. The van der Waals surface area contributed by atoms with Gasteiger partial charge in [0.05, 0.1) is 10.6 Å². The summed E-state index contributed by atoms with van der Waals surface area (Å²) in [7, 11) is 0.